The van der Waals surface area contributed by atoms with Gasteiger partial charge in [-0.15, -0.1) is 0 Å². The Hall–Kier alpha value is -2.43. The van der Waals surface area contributed by atoms with Crippen molar-refractivity contribution in [2.24, 2.45) is 5.16 Å². The largest absolute Gasteiger partial charge is 0.411 e. The number of non-ortho nitro benzene ring substituents is 1. The van der Waals surface area contributed by atoms with Crippen molar-refractivity contribution in [3.8, 4) is 0 Å². The molecule has 1 N–H and O–H groups in total. The molecule has 0 bridgehead atoms. The van der Waals surface area contributed by atoms with Gasteiger partial charge >= 0.3 is 0 Å². The molecule has 0 amide bonds. The molecule has 5 nitrogen and oxygen atoms in total. The van der Waals surface area contributed by atoms with E-state index in [1.54, 1.807) is 19.1 Å². The van der Waals surface area contributed by atoms with Gasteiger partial charge in [-0.2, -0.15) is 0 Å². The summed E-state index contributed by atoms with van der Waals surface area (Å²) in [6, 6.07) is 7.13. The zero-order valence-electron chi connectivity index (χ0n) is 10.4. The molecule has 0 fully saturated rings. The molecule has 2 aromatic rings. The first-order valence-electron chi connectivity index (χ1n) is 6.04. The lowest BCUT2D eigenvalue weighted by Crippen LogP contribution is -2.00. The summed E-state index contributed by atoms with van der Waals surface area (Å²) in [5.74, 6) is 0. The lowest BCUT2D eigenvalue weighted by atomic mass is 9.96. The van der Waals surface area contributed by atoms with Gasteiger partial charge < -0.3 is 5.21 Å². The predicted molar refractivity (Wildman–Crippen MR) is 72.0 cm³/mol. The molecule has 0 aromatic heterocycles. The highest BCUT2D eigenvalue weighted by molar-refractivity contribution is 6.14. The van der Waals surface area contributed by atoms with Crippen molar-refractivity contribution in [1.82, 2.24) is 0 Å². The molecule has 3 rings (SSSR count). The minimum Gasteiger partial charge on any atom is -0.411 e. The van der Waals surface area contributed by atoms with Crippen LogP contribution in [0.4, 0.5) is 5.69 Å². The first-order valence-corrected chi connectivity index (χ1v) is 6.04. The van der Waals surface area contributed by atoms with Crippen LogP contribution in [0.5, 0.6) is 0 Å². The third kappa shape index (κ3) is 1.58. The van der Waals surface area contributed by atoms with Crippen LogP contribution in [-0.2, 0) is 12.8 Å². The van der Waals surface area contributed by atoms with Crippen molar-refractivity contribution in [2.75, 3.05) is 0 Å². The van der Waals surface area contributed by atoms with Crippen LogP contribution >= 0.6 is 0 Å². The van der Waals surface area contributed by atoms with Crippen molar-refractivity contribution in [2.45, 2.75) is 19.8 Å². The molecule has 0 aliphatic heterocycles. The molecule has 0 saturated carbocycles. The van der Waals surface area contributed by atoms with Crippen molar-refractivity contribution in [3.63, 3.8) is 0 Å². The van der Waals surface area contributed by atoms with Crippen molar-refractivity contribution in [3.05, 3.63) is 51.1 Å². The zero-order valence-corrected chi connectivity index (χ0v) is 10.4. The van der Waals surface area contributed by atoms with E-state index in [4.69, 9.17) is 5.21 Å². The molecule has 0 unspecified atom stereocenters. The Balaban J connectivity index is 2.50. The molecule has 0 radical (unpaired) electrons. The second-order valence-corrected chi connectivity index (χ2v) is 4.71. The predicted octanol–water partition coefficient (Wildman–Crippen LogP) is 3.04. The van der Waals surface area contributed by atoms with Gasteiger partial charge in [-0.3, -0.25) is 10.1 Å². The van der Waals surface area contributed by atoms with E-state index in [-0.39, 0.29) is 10.6 Å². The molecule has 0 saturated heterocycles. The third-order valence-corrected chi connectivity index (χ3v) is 3.71. The molecule has 1 aliphatic rings. The summed E-state index contributed by atoms with van der Waals surface area (Å²) >= 11 is 0. The highest BCUT2D eigenvalue weighted by Crippen LogP contribution is 2.38. The maximum absolute atomic E-state index is 11.2. The third-order valence-electron chi connectivity index (χ3n) is 3.71. The molecule has 2 aromatic carbocycles. The molecular weight excluding hydrogens is 244 g/mol. The van der Waals surface area contributed by atoms with E-state index in [0.717, 1.165) is 29.4 Å². The number of nitrogens with zero attached hydrogens (tertiary/aromatic N) is 2. The van der Waals surface area contributed by atoms with Crippen molar-refractivity contribution < 1.29 is 10.1 Å². The fraction of sp³-hybridized carbons (Fsp3) is 0.214. The summed E-state index contributed by atoms with van der Waals surface area (Å²) in [6.07, 6.45) is 1.81. The van der Waals surface area contributed by atoms with Crippen LogP contribution in [0.15, 0.2) is 29.4 Å². The minimum absolute atomic E-state index is 0.0699. The molecule has 0 spiro atoms. The number of hydrogen-bond donors (Lipinski definition) is 1. The van der Waals surface area contributed by atoms with Crippen molar-refractivity contribution in [1.29, 1.82) is 0 Å². The fourth-order valence-corrected chi connectivity index (χ4v) is 2.82. The van der Waals surface area contributed by atoms with Crippen LogP contribution in [0, 0.1) is 10.1 Å². The second-order valence-electron chi connectivity index (χ2n) is 4.71. The summed E-state index contributed by atoms with van der Waals surface area (Å²) in [5.41, 5.74) is 3.34. The first-order chi connectivity index (χ1) is 9.13. The van der Waals surface area contributed by atoms with E-state index >= 15 is 0 Å². The van der Waals surface area contributed by atoms with Gasteiger partial charge in [0.25, 0.3) is 5.69 Å². The van der Waals surface area contributed by atoms with Crippen LogP contribution in [0.3, 0.4) is 0 Å². The normalized spacial score (nSPS) is 14.1. The van der Waals surface area contributed by atoms with Crippen LogP contribution in [0.2, 0.25) is 0 Å². The minimum atomic E-state index is -0.380. The Morgan fingerprint density at radius 3 is 2.42 bits per heavy atom. The van der Waals surface area contributed by atoms with E-state index < -0.39 is 0 Å². The Labute approximate surface area is 109 Å². The van der Waals surface area contributed by atoms with Crippen LogP contribution in [0.1, 0.15) is 23.6 Å². The topological polar surface area (TPSA) is 75.7 Å². The van der Waals surface area contributed by atoms with Gasteiger partial charge in [0.15, 0.2) is 0 Å². The summed E-state index contributed by atoms with van der Waals surface area (Å²) in [4.78, 5) is 10.8. The maximum Gasteiger partial charge on any atom is 0.277 e. The van der Waals surface area contributed by atoms with Crippen LogP contribution in [0.25, 0.3) is 10.8 Å². The van der Waals surface area contributed by atoms with Gasteiger partial charge in [0.1, 0.15) is 0 Å². The van der Waals surface area contributed by atoms with Crippen LogP contribution in [-0.4, -0.2) is 15.8 Å². The van der Waals surface area contributed by atoms with E-state index in [2.05, 4.69) is 5.16 Å². The average molecular weight is 256 g/mol. The lowest BCUT2D eigenvalue weighted by molar-refractivity contribution is -0.383. The van der Waals surface area contributed by atoms with E-state index in [1.165, 1.54) is 0 Å². The highest BCUT2D eigenvalue weighted by Gasteiger charge is 2.24. The number of nitro benzene ring substituents is 1. The first kappa shape index (κ1) is 11.6. The molecule has 96 valence electrons. The van der Waals surface area contributed by atoms with Gasteiger partial charge in [-0.05, 0) is 36.3 Å². The average Bonchev–Trinajstić information content (AvgIpc) is 2.83. The van der Waals surface area contributed by atoms with Gasteiger partial charge in [0.05, 0.1) is 16.0 Å². The van der Waals surface area contributed by atoms with Crippen molar-refractivity contribution >= 4 is 22.2 Å². The molecule has 19 heavy (non-hydrogen) atoms. The standard InChI is InChI=1S/C14H12N2O3/c1-8(15-17)11-6-4-9-2-3-10-5-7-12(16(18)19)14(11)13(9)10/h4-7,17H,2-3H2,1H3/b15-8+. The number of nitro groups is 1. The maximum atomic E-state index is 11.2. The number of aryl methyl sites for hydroxylation is 2. The Kier molecular flexibility index (Phi) is 2.48. The zero-order chi connectivity index (χ0) is 13.6. The van der Waals surface area contributed by atoms with Gasteiger partial charge in [-0.1, -0.05) is 23.4 Å². The Bertz CT molecular complexity index is 725. The van der Waals surface area contributed by atoms with E-state index in [9.17, 15) is 10.1 Å². The quantitative estimate of drug-likeness (QED) is 0.388. The summed E-state index contributed by atoms with van der Waals surface area (Å²) in [7, 11) is 0. The molecule has 0 heterocycles. The van der Waals surface area contributed by atoms with Crippen LogP contribution < -0.4 is 0 Å². The van der Waals surface area contributed by atoms with E-state index in [1.807, 2.05) is 12.1 Å². The van der Waals surface area contributed by atoms with Gasteiger partial charge in [-0.25, -0.2) is 0 Å². The van der Waals surface area contributed by atoms with Gasteiger partial charge in [0, 0.05) is 11.6 Å². The Morgan fingerprint density at radius 1 is 1.21 bits per heavy atom. The van der Waals surface area contributed by atoms with E-state index in [0.29, 0.717) is 16.7 Å². The highest BCUT2D eigenvalue weighted by atomic mass is 16.6. The molecule has 1 aliphatic carbocycles. The number of rotatable bonds is 2. The fourth-order valence-electron chi connectivity index (χ4n) is 2.82. The summed E-state index contributed by atoms with van der Waals surface area (Å²) < 4.78 is 0. The summed E-state index contributed by atoms with van der Waals surface area (Å²) in [6.45, 7) is 1.64. The molecule has 5 heteroatoms. The monoisotopic (exact) mass is 256 g/mol. The second kappa shape index (κ2) is 4.05. The molecule has 0 atom stereocenters. The summed E-state index contributed by atoms with van der Waals surface area (Å²) in [5, 5.41) is 24.9. The molecular formula is C14H12N2O3. The Morgan fingerprint density at radius 2 is 1.84 bits per heavy atom. The smallest absolute Gasteiger partial charge is 0.277 e. The number of oxime groups is 1. The number of hydrogen-bond acceptors (Lipinski definition) is 4. The van der Waals surface area contributed by atoms with Gasteiger partial charge in [0.2, 0.25) is 0 Å². The number of benzene rings is 2. The lowest BCUT2D eigenvalue weighted by Gasteiger charge is -2.08. The SMILES string of the molecule is C/C(=N\O)c1ccc2c3c(ccc([N+](=O)[O-])c13)CC2.